The second-order valence-electron chi connectivity index (χ2n) is 4.05. The fraction of sp³-hybridized carbons (Fsp3) is 0.0714. The van der Waals surface area contributed by atoms with Gasteiger partial charge in [-0.1, -0.05) is 27.5 Å². The van der Waals surface area contributed by atoms with Gasteiger partial charge in [0.1, 0.15) is 5.82 Å². The Kier molecular flexibility index (Phi) is 4.22. The van der Waals surface area contributed by atoms with Gasteiger partial charge in [-0.25, -0.2) is 4.39 Å². The summed E-state index contributed by atoms with van der Waals surface area (Å²) in [6.07, 6.45) is 0. The summed E-state index contributed by atoms with van der Waals surface area (Å²) in [6.45, 7) is 1.90. The van der Waals surface area contributed by atoms with Crippen molar-refractivity contribution < 1.29 is 9.18 Å². The SMILES string of the molecule is Cc1cc(C(=O)Nc2ccc(F)c(Cl)c2)ccc1Br. The maximum atomic E-state index is 13.0. The van der Waals surface area contributed by atoms with Gasteiger partial charge in [0, 0.05) is 15.7 Å². The second kappa shape index (κ2) is 5.72. The molecule has 2 aromatic rings. The zero-order chi connectivity index (χ0) is 14.0. The number of carbonyl (C=O) groups excluding carboxylic acids is 1. The molecule has 0 saturated heterocycles. The molecule has 0 aromatic heterocycles. The fourth-order valence-corrected chi connectivity index (χ4v) is 1.99. The van der Waals surface area contributed by atoms with Gasteiger partial charge in [0.25, 0.3) is 5.91 Å². The summed E-state index contributed by atoms with van der Waals surface area (Å²) < 4.78 is 13.9. The Balaban J connectivity index is 2.20. The van der Waals surface area contributed by atoms with Gasteiger partial charge in [0.15, 0.2) is 0 Å². The molecule has 19 heavy (non-hydrogen) atoms. The summed E-state index contributed by atoms with van der Waals surface area (Å²) >= 11 is 9.03. The third-order valence-corrected chi connectivity index (χ3v) is 3.78. The van der Waals surface area contributed by atoms with E-state index in [1.807, 2.05) is 13.0 Å². The first-order valence-corrected chi connectivity index (χ1v) is 6.67. The van der Waals surface area contributed by atoms with Crippen molar-refractivity contribution in [3.05, 3.63) is 62.8 Å². The van der Waals surface area contributed by atoms with Gasteiger partial charge in [-0.2, -0.15) is 0 Å². The van der Waals surface area contributed by atoms with Crippen LogP contribution in [-0.2, 0) is 0 Å². The van der Waals surface area contributed by atoms with Crippen molar-refractivity contribution >= 4 is 39.1 Å². The topological polar surface area (TPSA) is 29.1 Å². The predicted molar refractivity (Wildman–Crippen MR) is 78.2 cm³/mol. The number of hydrogen-bond donors (Lipinski definition) is 1. The number of aryl methyl sites for hydroxylation is 1. The van der Waals surface area contributed by atoms with Crippen LogP contribution in [0.3, 0.4) is 0 Å². The minimum atomic E-state index is -0.515. The second-order valence-corrected chi connectivity index (χ2v) is 5.31. The van der Waals surface area contributed by atoms with E-state index in [1.54, 1.807) is 12.1 Å². The van der Waals surface area contributed by atoms with E-state index in [0.717, 1.165) is 10.0 Å². The van der Waals surface area contributed by atoms with E-state index < -0.39 is 5.82 Å². The lowest BCUT2D eigenvalue weighted by Gasteiger charge is -2.07. The molecule has 0 saturated carbocycles. The molecule has 2 nitrogen and oxygen atoms in total. The van der Waals surface area contributed by atoms with E-state index in [1.165, 1.54) is 18.2 Å². The average molecular weight is 343 g/mol. The Labute approximate surface area is 123 Å². The number of halogens is 3. The van der Waals surface area contributed by atoms with Gasteiger partial charge < -0.3 is 5.32 Å². The molecule has 0 unspecified atom stereocenters. The Morgan fingerprint density at radius 3 is 2.63 bits per heavy atom. The van der Waals surface area contributed by atoms with Gasteiger partial charge in [-0.3, -0.25) is 4.79 Å². The van der Waals surface area contributed by atoms with E-state index in [-0.39, 0.29) is 10.9 Å². The summed E-state index contributed by atoms with van der Waals surface area (Å²) in [7, 11) is 0. The molecule has 0 aliphatic carbocycles. The molecule has 0 aliphatic rings. The molecule has 0 atom stereocenters. The molecule has 0 spiro atoms. The van der Waals surface area contributed by atoms with Crippen LogP contribution in [-0.4, -0.2) is 5.91 Å². The summed E-state index contributed by atoms with van der Waals surface area (Å²) in [5.74, 6) is -0.780. The number of hydrogen-bond acceptors (Lipinski definition) is 1. The molecule has 1 N–H and O–H groups in total. The molecular weight excluding hydrogens is 333 g/mol. The highest BCUT2D eigenvalue weighted by atomic mass is 79.9. The largest absolute Gasteiger partial charge is 0.322 e. The van der Waals surface area contributed by atoms with Crippen LogP contribution in [0.5, 0.6) is 0 Å². The van der Waals surface area contributed by atoms with Crippen molar-refractivity contribution in [2.75, 3.05) is 5.32 Å². The lowest BCUT2D eigenvalue weighted by molar-refractivity contribution is 0.102. The zero-order valence-corrected chi connectivity index (χ0v) is 12.3. The summed E-state index contributed by atoms with van der Waals surface area (Å²) in [4.78, 5) is 12.0. The number of anilines is 1. The predicted octanol–water partition coefficient (Wildman–Crippen LogP) is 4.80. The lowest BCUT2D eigenvalue weighted by Crippen LogP contribution is -2.12. The van der Waals surface area contributed by atoms with Crippen LogP contribution >= 0.6 is 27.5 Å². The van der Waals surface area contributed by atoms with E-state index in [9.17, 15) is 9.18 Å². The van der Waals surface area contributed by atoms with Gasteiger partial charge in [0.05, 0.1) is 5.02 Å². The summed E-state index contributed by atoms with van der Waals surface area (Å²) in [5.41, 5.74) is 1.95. The first kappa shape index (κ1) is 14.0. The third-order valence-electron chi connectivity index (χ3n) is 2.60. The smallest absolute Gasteiger partial charge is 0.255 e. The first-order chi connectivity index (χ1) is 8.97. The summed E-state index contributed by atoms with van der Waals surface area (Å²) in [6, 6.07) is 9.33. The monoisotopic (exact) mass is 341 g/mol. The average Bonchev–Trinajstić information content (AvgIpc) is 2.37. The standard InChI is InChI=1S/C14H10BrClFNO/c1-8-6-9(2-4-11(8)15)14(19)18-10-3-5-13(17)12(16)7-10/h2-7H,1H3,(H,18,19). The summed E-state index contributed by atoms with van der Waals surface area (Å²) in [5, 5.41) is 2.64. The first-order valence-electron chi connectivity index (χ1n) is 5.50. The Morgan fingerprint density at radius 2 is 2.00 bits per heavy atom. The lowest BCUT2D eigenvalue weighted by atomic mass is 10.1. The van der Waals surface area contributed by atoms with Crippen LogP contribution in [0.2, 0.25) is 5.02 Å². The molecule has 98 valence electrons. The van der Waals surface area contributed by atoms with E-state index in [0.29, 0.717) is 11.3 Å². The minimum Gasteiger partial charge on any atom is -0.322 e. The molecule has 0 radical (unpaired) electrons. The zero-order valence-electron chi connectivity index (χ0n) is 10.0. The highest BCUT2D eigenvalue weighted by molar-refractivity contribution is 9.10. The van der Waals surface area contributed by atoms with Crippen LogP contribution in [0.15, 0.2) is 40.9 Å². The van der Waals surface area contributed by atoms with Crippen molar-refractivity contribution in [1.29, 1.82) is 0 Å². The maximum absolute atomic E-state index is 13.0. The number of benzene rings is 2. The van der Waals surface area contributed by atoms with Crippen molar-refractivity contribution in [3.8, 4) is 0 Å². The molecular formula is C14H10BrClFNO. The van der Waals surface area contributed by atoms with Gasteiger partial charge in [-0.05, 0) is 48.9 Å². The molecule has 0 heterocycles. The van der Waals surface area contributed by atoms with E-state index in [2.05, 4.69) is 21.2 Å². The van der Waals surface area contributed by atoms with Crippen LogP contribution in [0, 0.1) is 12.7 Å². The Morgan fingerprint density at radius 1 is 1.26 bits per heavy atom. The molecule has 1 amide bonds. The highest BCUT2D eigenvalue weighted by Crippen LogP contribution is 2.21. The molecule has 2 aromatic carbocycles. The molecule has 2 rings (SSSR count). The van der Waals surface area contributed by atoms with Crippen molar-refractivity contribution in [1.82, 2.24) is 0 Å². The van der Waals surface area contributed by atoms with Gasteiger partial charge in [0.2, 0.25) is 0 Å². The van der Waals surface area contributed by atoms with Crippen molar-refractivity contribution in [2.24, 2.45) is 0 Å². The quantitative estimate of drug-likeness (QED) is 0.834. The van der Waals surface area contributed by atoms with Gasteiger partial charge in [-0.15, -0.1) is 0 Å². The van der Waals surface area contributed by atoms with Crippen LogP contribution < -0.4 is 5.32 Å². The number of carbonyl (C=O) groups is 1. The Hall–Kier alpha value is -1.39. The van der Waals surface area contributed by atoms with Crippen LogP contribution in [0.4, 0.5) is 10.1 Å². The Bertz CT molecular complexity index is 645. The van der Waals surface area contributed by atoms with E-state index in [4.69, 9.17) is 11.6 Å². The highest BCUT2D eigenvalue weighted by Gasteiger charge is 2.08. The fourth-order valence-electron chi connectivity index (χ4n) is 1.56. The van der Waals surface area contributed by atoms with Crippen LogP contribution in [0.25, 0.3) is 0 Å². The molecule has 0 aliphatic heterocycles. The number of nitrogens with one attached hydrogen (secondary N) is 1. The molecule has 5 heteroatoms. The van der Waals surface area contributed by atoms with E-state index >= 15 is 0 Å². The normalized spacial score (nSPS) is 10.3. The van der Waals surface area contributed by atoms with Crippen molar-refractivity contribution in [3.63, 3.8) is 0 Å². The maximum Gasteiger partial charge on any atom is 0.255 e. The number of rotatable bonds is 2. The van der Waals surface area contributed by atoms with Crippen LogP contribution in [0.1, 0.15) is 15.9 Å². The molecule has 0 fully saturated rings. The third kappa shape index (κ3) is 3.33. The minimum absolute atomic E-state index is 0.0233. The molecule has 0 bridgehead atoms. The van der Waals surface area contributed by atoms with Crippen molar-refractivity contribution in [2.45, 2.75) is 6.92 Å². The number of amides is 1. The van der Waals surface area contributed by atoms with Gasteiger partial charge >= 0.3 is 0 Å².